The first kappa shape index (κ1) is 8.41. The van der Waals surface area contributed by atoms with Crippen LogP contribution in [0.15, 0.2) is 23.2 Å². The van der Waals surface area contributed by atoms with Crippen molar-refractivity contribution >= 4 is 11.9 Å². The standard InChI is InChI=1S/C10H13N3/c1-7-3-2-4-8-5-10(11,12)6-13-9(7)8/h2-4,6H,5,11-12H2,1H3. The minimum absolute atomic E-state index is 0.660. The minimum atomic E-state index is -0.777. The Kier molecular flexibility index (Phi) is 1.71. The molecule has 1 aliphatic rings. The Hall–Kier alpha value is -1.19. The first-order valence-corrected chi connectivity index (χ1v) is 4.30. The summed E-state index contributed by atoms with van der Waals surface area (Å²) in [6, 6.07) is 6.06. The highest BCUT2D eigenvalue weighted by molar-refractivity contribution is 5.78. The first-order chi connectivity index (χ1) is 6.08. The van der Waals surface area contributed by atoms with Gasteiger partial charge in [0.1, 0.15) is 5.66 Å². The number of aliphatic imine (C=N–C) groups is 1. The van der Waals surface area contributed by atoms with Gasteiger partial charge in [0, 0.05) is 12.6 Å². The van der Waals surface area contributed by atoms with Crippen molar-refractivity contribution in [3.05, 3.63) is 29.3 Å². The van der Waals surface area contributed by atoms with E-state index in [4.69, 9.17) is 11.5 Å². The quantitative estimate of drug-likeness (QED) is 0.574. The monoisotopic (exact) mass is 175 g/mol. The van der Waals surface area contributed by atoms with Crippen LogP contribution in [0.3, 0.4) is 0 Å². The van der Waals surface area contributed by atoms with E-state index in [9.17, 15) is 0 Å². The molecule has 0 aromatic heterocycles. The Morgan fingerprint density at radius 3 is 2.92 bits per heavy atom. The number of para-hydroxylation sites is 1. The predicted molar refractivity (Wildman–Crippen MR) is 54.1 cm³/mol. The Labute approximate surface area is 77.5 Å². The molecule has 4 N–H and O–H groups in total. The van der Waals surface area contributed by atoms with Crippen LogP contribution in [0, 0.1) is 6.92 Å². The van der Waals surface area contributed by atoms with Crippen molar-refractivity contribution in [2.75, 3.05) is 0 Å². The van der Waals surface area contributed by atoms with Gasteiger partial charge in [-0.05, 0) is 18.1 Å². The van der Waals surface area contributed by atoms with Gasteiger partial charge in [-0.15, -0.1) is 0 Å². The summed E-state index contributed by atoms with van der Waals surface area (Å²) in [5.74, 6) is 0. The molecule has 0 bridgehead atoms. The molecule has 3 nitrogen and oxygen atoms in total. The maximum absolute atomic E-state index is 5.77. The van der Waals surface area contributed by atoms with Crippen molar-refractivity contribution in [3.63, 3.8) is 0 Å². The van der Waals surface area contributed by atoms with Gasteiger partial charge in [-0.3, -0.25) is 4.99 Å². The van der Waals surface area contributed by atoms with E-state index in [1.54, 1.807) is 6.21 Å². The van der Waals surface area contributed by atoms with Crippen molar-refractivity contribution < 1.29 is 0 Å². The number of aryl methyl sites for hydroxylation is 1. The van der Waals surface area contributed by atoms with E-state index in [1.165, 1.54) is 5.56 Å². The van der Waals surface area contributed by atoms with Gasteiger partial charge in [0.2, 0.25) is 0 Å². The van der Waals surface area contributed by atoms with Crippen molar-refractivity contribution in [3.8, 4) is 0 Å². The molecular weight excluding hydrogens is 162 g/mol. The highest BCUT2D eigenvalue weighted by Crippen LogP contribution is 2.28. The van der Waals surface area contributed by atoms with E-state index < -0.39 is 5.66 Å². The van der Waals surface area contributed by atoms with Crippen LogP contribution in [0.2, 0.25) is 0 Å². The molecule has 0 spiro atoms. The van der Waals surface area contributed by atoms with E-state index >= 15 is 0 Å². The molecule has 13 heavy (non-hydrogen) atoms. The molecule has 1 aromatic carbocycles. The predicted octanol–water partition coefficient (Wildman–Crippen LogP) is 0.867. The highest BCUT2D eigenvalue weighted by atomic mass is 15.0. The summed E-state index contributed by atoms with van der Waals surface area (Å²) in [5.41, 5.74) is 14.1. The lowest BCUT2D eigenvalue weighted by molar-refractivity contribution is 0.594. The molecule has 0 atom stereocenters. The van der Waals surface area contributed by atoms with Gasteiger partial charge in [0.15, 0.2) is 0 Å². The zero-order chi connectivity index (χ0) is 9.47. The topological polar surface area (TPSA) is 64.4 Å². The van der Waals surface area contributed by atoms with Crippen molar-refractivity contribution in [2.24, 2.45) is 16.5 Å². The summed E-state index contributed by atoms with van der Waals surface area (Å²) in [6.45, 7) is 2.04. The van der Waals surface area contributed by atoms with Gasteiger partial charge < -0.3 is 11.5 Å². The number of nitrogens with zero attached hydrogens (tertiary/aromatic N) is 1. The number of benzene rings is 1. The van der Waals surface area contributed by atoms with Gasteiger partial charge in [0.25, 0.3) is 0 Å². The van der Waals surface area contributed by atoms with Gasteiger partial charge in [-0.2, -0.15) is 0 Å². The number of hydrogen-bond donors (Lipinski definition) is 2. The van der Waals surface area contributed by atoms with Crippen molar-refractivity contribution in [1.82, 2.24) is 0 Å². The fourth-order valence-corrected chi connectivity index (χ4v) is 1.61. The van der Waals surface area contributed by atoms with Gasteiger partial charge in [-0.1, -0.05) is 18.2 Å². The second-order valence-electron chi connectivity index (χ2n) is 3.63. The molecular formula is C10H13N3. The molecule has 3 heteroatoms. The van der Waals surface area contributed by atoms with Gasteiger partial charge in [0.05, 0.1) is 5.69 Å². The largest absolute Gasteiger partial charge is 0.309 e. The average Bonchev–Trinajstić information content (AvgIpc) is 2.02. The van der Waals surface area contributed by atoms with E-state index in [-0.39, 0.29) is 0 Å². The van der Waals surface area contributed by atoms with Crippen LogP contribution in [0.4, 0.5) is 5.69 Å². The van der Waals surface area contributed by atoms with Crippen molar-refractivity contribution in [2.45, 2.75) is 19.0 Å². The Balaban J connectivity index is 2.53. The van der Waals surface area contributed by atoms with Crippen molar-refractivity contribution in [1.29, 1.82) is 0 Å². The molecule has 1 aromatic rings. The normalized spacial score (nSPS) is 18.4. The summed E-state index contributed by atoms with van der Waals surface area (Å²) >= 11 is 0. The van der Waals surface area contributed by atoms with E-state index in [1.807, 2.05) is 25.1 Å². The molecule has 0 radical (unpaired) electrons. The Morgan fingerprint density at radius 1 is 1.38 bits per heavy atom. The van der Waals surface area contributed by atoms with Crippen LogP contribution in [-0.4, -0.2) is 11.9 Å². The summed E-state index contributed by atoms with van der Waals surface area (Å²) in [6.07, 6.45) is 2.29. The van der Waals surface area contributed by atoms with Gasteiger partial charge >= 0.3 is 0 Å². The molecule has 1 aliphatic heterocycles. The fourth-order valence-electron chi connectivity index (χ4n) is 1.61. The third kappa shape index (κ3) is 1.48. The molecule has 0 saturated carbocycles. The molecule has 0 amide bonds. The zero-order valence-electron chi connectivity index (χ0n) is 7.62. The zero-order valence-corrected chi connectivity index (χ0v) is 7.62. The average molecular weight is 175 g/mol. The minimum Gasteiger partial charge on any atom is -0.309 e. The van der Waals surface area contributed by atoms with Crippen LogP contribution in [0.25, 0.3) is 0 Å². The van der Waals surface area contributed by atoms with Gasteiger partial charge in [-0.25, -0.2) is 0 Å². The lowest BCUT2D eigenvalue weighted by Gasteiger charge is -2.25. The first-order valence-electron chi connectivity index (χ1n) is 4.30. The molecule has 0 unspecified atom stereocenters. The maximum atomic E-state index is 5.77. The summed E-state index contributed by atoms with van der Waals surface area (Å²) in [4.78, 5) is 4.27. The Bertz CT molecular complexity index is 366. The molecule has 2 rings (SSSR count). The SMILES string of the molecule is Cc1cccc2c1N=CC(N)(N)C2. The maximum Gasteiger partial charge on any atom is 0.104 e. The van der Waals surface area contributed by atoms with Crippen LogP contribution in [-0.2, 0) is 6.42 Å². The van der Waals surface area contributed by atoms with E-state index in [2.05, 4.69) is 4.99 Å². The number of rotatable bonds is 0. The number of nitrogens with two attached hydrogens (primary N) is 2. The third-order valence-electron chi connectivity index (χ3n) is 2.25. The lowest BCUT2D eigenvalue weighted by atomic mass is 9.96. The van der Waals surface area contributed by atoms with Crippen LogP contribution >= 0.6 is 0 Å². The second kappa shape index (κ2) is 2.65. The summed E-state index contributed by atoms with van der Waals surface area (Å²) < 4.78 is 0. The number of hydrogen-bond acceptors (Lipinski definition) is 3. The van der Waals surface area contributed by atoms with E-state index in [0.717, 1.165) is 11.3 Å². The van der Waals surface area contributed by atoms with Crippen LogP contribution < -0.4 is 11.5 Å². The summed E-state index contributed by atoms with van der Waals surface area (Å²) in [7, 11) is 0. The third-order valence-corrected chi connectivity index (χ3v) is 2.25. The molecule has 0 fully saturated rings. The molecule has 1 heterocycles. The summed E-state index contributed by atoms with van der Waals surface area (Å²) in [5, 5.41) is 0. The fraction of sp³-hybridized carbons (Fsp3) is 0.300. The Morgan fingerprint density at radius 2 is 2.15 bits per heavy atom. The second-order valence-corrected chi connectivity index (χ2v) is 3.63. The lowest BCUT2D eigenvalue weighted by Crippen LogP contribution is -2.53. The molecule has 0 aliphatic carbocycles. The van der Waals surface area contributed by atoms with E-state index in [0.29, 0.717) is 6.42 Å². The molecule has 0 saturated heterocycles. The van der Waals surface area contributed by atoms with Crippen LogP contribution in [0.1, 0.15) is 11.1 Å². The van der Waals surface area contributed by atoms with Crippen LogP contribution in [0.5, 0.6) is 0 Å². The number of fused-ring (bicyclic) bond motifs is 1. The highest BCUT2D eigenvalue weighted by Gasteiger charge is 2.23. The molecule has 68 valence electrons. The smallest absolute Gasteiger partial charge is 0.104 e.